The number of rotatable bonds is 3. The fraction of sp³-hybridized carbons (Fsp3) is 0.467. The number of fused-ring (bicyclic) bond motifs is 1. The molecule has 0 bridgehead atoms. The molecule has 1 amide bonds. The summed E-state index contributed by atoms with van der Waals surface area (Å²) < 4.78 is 20.4. The number of aryl methyl sites for hydroxylation is 1. The van der Waals surface area contributed by atoms with Gasteiger partial charge in [0, 0.05) is 6.54 Å². The average Bonchev–Trinajstić information content (AvgIpc) is 2.71. The van der Waals surface area contributed by atoms with Gasteiger partial charge in [0.25, 0.3) is 0 Å². The van der Waals surface area contributed by atoms with Crippen LogP contribution in [-0.4, -0.2) is 21.2 Å². The Bertz CT molecular complexity index is 659. The van der Waals surface area contributed by atoms with E-state index >= 15 is 0 Å². The number of ether oxygens (including phenoxy) is 1. The number of amides is 1. The van der Waals surface area contributed by atoms with Gasteiger partial charge in [-0.2, -0.15) is 0 Å². The van der Waals surface area contributed by atoms with Crippen molar-refractivity contribution in [1.82, 2.24) is 14.9 Å². The van der Waals surface area contributed by atoms with Crippen molar-refractivity contribution in [3.05, 3.63) is 29.8 Å². The number of nitrogens with zero attached hydrogens (tertiary/aromatic N) is 2. The van der Waals surface area contributed by atoms with Crippen LogP contribution in [0.5, 0.6) is 0 Å². The number of aromatic nitrogens is 2. The molecule has 2 rings (SSSR count). The van der Waals surface area contributed by atoms with Crippen molar-refractivity contribution >= 4 is 17.1 Å². The second-order valence-corrected chi connectivity index (χ2v) is 5.76. The van der Waals surface area contributed by atoms with Crippen LogP contribution in [0.25, 0.3) is 11.0 Å². The largest absolute Gasteiger partial charge is 0.444 e. The van der Waals surface area contributed by atoms with Gasteiger partial charge in [0.1, 0.15) is 17.2 Å². The third kappa shape index (κ3) is 3.71. The molecule has 1 aromatic carbocycles. The van der Waals surface area contributed by atoms with Gasteiger partial charge in [0.2, 0.25) is 0 Å². The third-order valence-corrected chi connectivity index (χ3v) is 2.90. The van der Waals surface area contributed by atoms with Crippen molar-refractivity contribution in [2.75, 3.05) is 0 Å². The number of alkyl carbamates (subject to hydrolysis) is 1. The van der Waals surface area contributed by atoms with Gasteiger partial charge in [-0.15, -0.1) is 0 Å². The Morgan fingerprint density at radius 1 is 1.43 bits per heavy atom. The number of nitrogens with one attached hydrogen (secondary N) is 1. The smallest absolute Gasteiger partial charge is 0.408 e. The molecule has 6 heteroatoms. The Labute approximate surface area is 123 Å². The number of halogens is 1. The number of carbonyl (C=O) groups is 1. The van der Waals surface area contributed by atoms with E-state index in [0.717, 1.165) is 5.52 Å². The van der Waals surface area contributed by atoms with Crippen LogP contribution in [-0.2, 0) is 17.8 Å². The van der Waals surface area contributed by atoms with Crippen molar-refractivity contribution in [3.8, 4) is 0 Å². The summed E-state index contributed by atoms with van der Waals surface area (Å²) in [5, 5.41) is 2.67. The van der Waals surface area contributed by atoms with E-state index in [0.29, 0.717) is 17.9 Å². The Kier molecular flexibility index (Phi) is 4.16. The van der Waals surface area contributed by atoms with Crippen LogP contribution in [0.4, 0.5) is 9.18 Å². The lowest BCUT2D eigenvalue weighted by Gasteiger charge is -2.19. The molecule has 0 saturated carbocycles. The van der Waals surface area contributed by atoms with Crippen molar-refractivity contribution < 1.29 is 13.9 Å². The minimum Gasteiger partial charge on any atom is -0.444 e. The zero-order valence-electron chi connectivity index (χ0n) is 12.7. The number of hydrogen-bond acceptors (Lipinski definition) is 3. The number of hydrogen-bond donors (Lipinski definition) is 1. The summed E-state index contributed by atoms with van der Waals surface area (Å²) in [6.07, 6.45) is -0.497. The summed E-state index contributed by atoms with van der Waals surface area (Å²) in [7, 11) is 0. The van der Waals surface area contributed by atoms with E-state index in [1.165, 1.54) is 12.1 Å². The lowest BCUT2D eigenvalue weighted by molar-refractivity contribution is 0.0521. The molecule has 21 heavy (non-hydrogen) atoms. The van der Waals surface area contributed by atoms with E-state index in [1.54, 1.807) is 26.8 Å². The van der Waals surface area contributed by atoms with E-state index in [9.17, 15) is 9.18 Å². The predicted molar refractivity (Wildman–Crippen MR) is 78.4 cm³/mol. The lowest BCUT2D eigenvalue weighted by atomic mass is 10.2. The molecular formula is C15H20FN3O2. The maximum absolute atomic E-state index is 13.3. The average molecular weight is 293 g/mol. The zero-order valence-corrected chi connectivity index (χ0v) is 12.7. The predicted octanol–water partition coefficient (Wildman–Crippen LogP) is 3.22. The highest BCUT2D eigenvalue weighted by Gasteiger charge is 2.17. The van der Waals surface area contributed by atoms with Gasteiger partial charge in [-0.1, -0.05) is 0 Å². The molecule has 1 aromatic heterocycles. The van der Waals surface area contributed by atoms with Crippen molar-refractivity contribution in [2.24, 2.45) is 0 Å². The molecule has 0 unspecified atom stereocenters. The molecule has 2 aromatic rings. The van der Waals surface area contributed by atoms with Crippen molar-refractivity contribution in [3.63, 3.8) is 0 Å². The van der Waals surface area contributed by atoms with Crippen LogP contribution in [0, 0.1) is 5.82 Å². The van der Waals surface area contributed by atoms with Crippen LogP contribution in [0.3, 0.4) is 0 Å². The van der Waals surface area contributed by atoms with Crippen LogP contribution in [0.2, 0.25) is 0 Å². The summed E-state index contributed by atoms with van der Waals surface area (Å²) in [6, 6.07) is 4.46. The molecule has 0 aliphatic heterocycles. The number of benzene rings is 1. The van der Waals surface area contributed by atoms with Gasteiger partial charge in [-0.05, 0) is 45.9 Å². The molecule has 0 aliphatic rings. The lowest BCUT2D eigenvalue weighted by Crippen LogP contribution is -2.32. The highest BCUT2D eigenvalue weighted by Crippen LogP contribution is 2.17. The molecule has 114 valence electrons. The van der Waals surface area contributed by atoms with Gasteiger partial charge in [0.05, 0.1) is 17.6 Å². The van der Waals surface area contributed by atoms with Gasteiger partial charge in [-0.25, -0.2) is 14.2 Å². The van der Waals surface area contributed by atoms with E-state index in [2.05, 4.69) is 10.3 Å². The number of carbonyl (C=O) groups excluding carboxylic acids is 1. The zero-order chi connectivity index (χ0) is 15.6. The van der Waals surface area contributed by atoms with Crippen molar-refractivity contribution in [2.45, 2.75) is 46.4 Å². The summed E-state index contributed by atoms with van der Waals surface area (Å²) in [5.74, 6) is 0.368. The van der Waals surface area contributed by atoms with Gasteiger partial charge in [-0.3, -0.25) is 0 Å². The highest BCUT2D eigenvalue weighted by atomic mass is 19.1. The fourth-order valence-electron chi connectivity index (χ4n) is 2.10. The SMILES string of the molecule is CCn1c(CNC(=O)OC(C)(C)C)nc2ccc(F)cc21. The Hall–Kier alpha value is -2.11. The van der Waals surface area contributed by atoms with Gasteiger partial charge >= 0.3 is 6.09 Å². The van der Waals surface area contributed by atoms with Crippen LogP contribution < -0.4 is 5.32 Å². The molecular weight excluding hydrogens is 273 g/mol. The summed E-state index contributed by atoms with van der Waals surface area (Å²) in [4.78, 5) is 16.1. The molecule has 0 saturated heterocycles. The third-order valence-electron chi connectivity index (χ3n) is 2.90. The molecule has 1 heterocycles. The minimum absolute atomic E-state index is 0.235. The summed E-state index contributed by atoms with van der Waals surface area (Å²) in [6.45, 7) is 8.23. The molecule has 5 nitrogen and oxygen atoms in total. The summed E-state index contributed by atoms with van der Waals surface area (Å²) in [5.41, 5.74) is 0.885. The Morgan fingerprint density at radius 3 is 2.76 bits per heavy atom. The van der Waals surface area contributed by atoms with E-state index in [-0.39, 0.29) is 12.4 Å². The van der Waals surface area contributed by atoms with E-state index < -0.39 is 11.7 Å². The minimum atomic E-state index is -0.544. The molecule has 0 radical (unpaired) electrons. The van der Waals surface area contributed by atoms with Crippen LogP contribution in [0.15, 0.2) is 18.2 Å². The van der Waals surface area contributed by atoms with Gasteiger partial charge in [0.15, 0.2) is 0 Å². The molecule has 0 spiro atoms. The molecule has 0 aliphatic carbocycles. The van der Waals surface area contributed by atoms with Crippen LogP contribution >= 0.6 is 0 Å². The second kappa shape index (κ2) is 5.71. The first-order valence-corrected chi connectivity index (χ1v) is 6.91. The van der Waals surface area contributed by atoms with Gasteiger partial charge < -0.3 is 14.6 Å². The molecule has 0 fully saturated rings. The first-order chi connectivity index (χ1) is 9.80. The monoisotopic (exact) mass is 293 g/mol. The van der Waals surface area contributed by atoms with Crippen LogP contribution in [0.1, 0.15) is 33.5 Å². The quantitative estimate of drug-likeness (QED) is 0.945. The maximum Gasteiger partial charge on any atom is 0.408 e. The highest BCUT2D eigenvalue weighted by molar-refractivity contribution is 5.76. The normalized spacial score (nSPS) is 11.7. The first-order valence-electron chi connectivity index (χ1n) is 6.91. The van der Waals surface area contributed by atoms with E-state index in [1.807, 2.05) is 11.5 Å². The molecule has 1 N–H and O–H groups in total. The number of imidazole rings is 1. The topological polar surface area (TPSA) is 56.2 Å². The summed E-state index contributed by atoms with van der Waals surface area (Å²) >= 11 is 0. The fourth-order valence-corrected chi connectivity index (χ4v) is 2.10. The second-order valence-electron chi connectivity index (χ2n) is 5.76. The van der Waals surface area contributed by atoms with Crippen molar-refractivity contribution in [1.29, 1.82) is 0 Å². The Morgan fingerprint density at radius 2 is 2.14 bits per heavy atom. The van der Waals surface area contributed by atoms with E-state index in [4.69, 9.17) is 4.74 Å². The molecule has 0 atom stereocenters. The Balaban J connectivity index is 2.17. The maximum atomic E-state index is 13.3. The standard InChI is InChI=1S/C15H20FN3O2/c1-5-19-12-8-10(16)6-7-11(12)18-13(19)9-17-14(20)21-15(2,3)4/h6-8H,5,9H2,1-4H3,(H,17,20). The first kappa shape index (κ1) is 15.3.